The molecule has 0 spiro atoms. The topological polar surface area (TPSA) is 18.5 Å². The molecule has 1 fully saturated rings. The van der Waals surface area contributed by atoms with Gasteiger partial charge in [-0.3, -0.25) is 0 Å². The fourth-order valence-electron chi connectivity index (χ4n) is 2.01. The van der Waals surface area contributed by atoms with Crippen LogP contribution in [0.5, 0.6) is 0 Å². The maximum absolute atomic E-state index is 12.4. The largest absolute Gasteiger partial charge is 0.416 e. The molecular weight excluding hydrogens is 257 g/mol. The van der Waals surface area contributed by atoms with Crippen molar-refractivity contribution in [1.29, 1.82) is 0 Å². The normalized spacial score (nSPS) is 20.5. The van der Waals surface area contributed by atoms with Crippen LogP contribution < -0.4 is 0 Å². The highest BCUT2D eigenvalue weighted by Crippen LogP contribution is 2.29. The Morgan fingerprint density at radius 3 is 2.47 bits per heavy atom. The third-order valence-electron chi connectivity index (χ3n) is 3.11. The molecule has 0 N–H and O–H groups in total. The molecule has 1 saturated heterocycles. The van der Waals surface area contributed by atoms with Gasteiger partial charge >= 0.3 is 6.18 Å². The lowest BCUT2D eigenvalue weighted by Gasteiger charge is -2.22. The summed E-state index contributed by atoms with van der Waals surface area (Å²) < 4.78 is 48.1. The van der Waals surface area contributed by atoms with E-state index in [2.05, 4.69) is 0 Å². The highest BCUT2D eigenvalue weighted by atomic mass is 19.4. The lowest BCUT2D eigenvalue weighted by molar-refractivity contribution is -0.161. The van der Waals surface area contributed by atoms with Crippen LogP contribution in [0.25, 0.3) is 0 Å². The molecule has 2 rings (SSSR count). The minimum Gasteiger partial charge on any atom is -0.353 e. The molecule has 0 saturated carbocycles. The van der Waals surface area contributed by atoms with Gasteiger partial charge in [-0.1, -0.05) is 12.1 Å². The zero-order valence-electron chi connectivity index (χ0n) is 10.6. The van der Waals surface area contributed by atoms with Crippen molar-refractivity contribution >= 4 is 0 Å². The van der Waals surface area contributed by atoms with Crippen molar-refractivity contribution in [3.8, 4) is 0 Å². The molecule has 1 aromatic rings. The zero-order valence-corrected chi connectivity index (χ0v) is 10.6. The van der Waals surface area contributed by atoms with Gasteiger partial charge in [0.15, 0.2) is 6.29 Å². The first kappa shape index (κ1) is 14.3. The molecule has 106 valence electrons. The Labute approximate surface area is 110 Å². The van der Waals surface area contributed by atoms with Gasteiger partial charge in [0.25, 0.3) is 0 Å². The maximum atomic E-state index is 12.4. The van der Waals surface area contributed by atoms with Gasteiger partial charge < -0.3 is 9.47 Å². The van der Waals surface area contributed by atoms with E-state index >= 15 is 0 Å². The molecule has 1 unspecified atom stereocenters. The van der Waals surface area contributed by atoms with Crippen molar-refractivity contribution in [2.24, 2.45) is 0 Å². The summed E-state index contributed by atoms with van der Waals surface area (Å²) in [6.45, 7) is 1.20. The summed E-state index contributed by atoms with van der Waals surface area (Å²) >= 11 is 0. The fourth-order valence-corrected chi connectivity index (χ4v) is 2.01. The number of halogens is 3. The number of hydrogen-bond acceptors (Lipinski definition) is 2. The van der Waals surface area contributed by atoms with Gasteiger partial charge in [0.05, 0.1) is 12.2 Å². The van der Waals surface area contributed by atoms with Gasteiger partial charge in [0.2, 0.25) is 0 Å². The van der Waals surface area contributed by atoms with Crippen LogP contribution >= 0.6 is 0 Å². The smallest absolute Gasteiger partial charge is 0.353 e. The van der Waals surface area contributed by atoms with E-state index in [0.717, 1.165) is 43.6 Å². The summed E-state index contributed by atoms with van der Waals surface area (Å²) in [5, 5.41) is 0. The van der Waals surface area contributed by atoms with Crippen molar-refractivity contribution in [2.45, 2.75) is 38.1 Å². The van der Waals surface area contributed by atoms with Crippen LogP contribution in [0.4, 0.5) is 13.2 Å². The Morgan fingerprint density at radius 2 is 1.89 bits per heavy atom. The first-order chi connectivity index (χ1) is 9.05. The summed E-state index contributed by atoms with van der Waals surface area (Å²) in [5.74, 6) is 0. The molecule has 0 bridgehead atoms. The quantitative estimate of drug-likeness (QED) is 0.831. The summed E-state index contributed by atoms with van der Waals surface area (Å²) in [4.78, 5) is 0. The molecule has 2 nitrogen and oxygen atoms in total. The lowest BCUT2D eigenvalue weighted by Crippen LogP contribution is -2.23. The van der Waals surface area contributed by atoms with E-state index in [0.29, 0.717) is 13.0 Å². The van der Waals surface area contributed by atoms with Crippen molar-refractivity contribution in [3.63, 3.8) is 0 Å². The van der Waals surface area contributed by atoms with Gasteiger partial charge in [0, 0.05) is 6.61 Å². The maximum Gasteiger partial charge on any atom is 0.416 e. The monoisotopic (exact) mass is 274 g/mol. The summed E-state index contributed by atoms with van der Waals surface area (Å²) in [7, 11) is 0. The minimum atomic E-state index is -4.27. The summed E-state index contributed by atoms with van der Waals surface area (Å²) in [5.41, 5.74) is 0.219. The second-order valence-electron chi connectivity index (χ2n) is 4.61. The van der Waals surface area contributed by atoms with Gasteiger partial charge in [-0.15, -0.1) is 0 Å². The third kappa shape index (κ3) is 4.51. The number of ether oxygens (including phenoxy) is 2. The second-order valence-corrected chi connectivity index (χ2v) is 4.61. The molecule has 0 aliphatic carbocycles. The van der Waals surface area contributed by atoms with Gasteiger partial charge in [-0.05, 0) is 43.4 Å². The van der Waals surface area contributed by atoms with E-state index in [9.17, 15) is 13.2 Å². The van der Waals surface area contributed by atoms with Crippen molar-refractivity contribution in [1.82, 2.24) is 0 Å². The summed E-state index contributed by atoms with van der Waals surface area (Å²) in [6, 6.07) is 5.20. The van der Waals surface area contributed by atoms with E-state index in [-0.39, 0.29) is 6.29 Å². The molecule has 1 heterocycles. The predicted octanol–water partition coefficient (Wildman–Crippen LogP) is 3.79. The van der Waals surface area contributed by atoms with Gasteiger partial charge in [0.1, 0.15) is 0 Å². The van der Waals surface area contributed by atoms with Crippen molar-refractivity contribution in [2.75, 3.05) is 13.2 Å². The number of alkyl halides is 3. The van der Waals surface area contributed by atoms with Crippen LogP contribution in [-0.4, -0.2) is 19.5 Å². The molecular formula is C14H17F3O2. The average molecular weight is 274 g/mol. The van der Waals surface area contributed by atoms with Crippen LogP contribution in [0.1, 0.15) is 30.4 Å². The van der Waals surface area contributed by atoms with E-state index in [1.54, 1.807) is 0 Å². The SMILES string of the molecule is FC(F)(F)c1ccc(CCOC2CCCCO2)cc1. The molecule has 0 aromatic heterocycles. The molecule has 5 heteroatoms. The van der Waals surface area contributed by atoms with E-state index in [1.807, 2.05) is 0 Å². The van der Waals surface area contributed by atoms with E-state index in [4.69, 9.17) is 9.47 Å². The Kier molecular flexibility index (Phi) is 4.82. The lowest BCUT2D eigenvalue weighted by atomic mass is 10.1. The molecule has 0 amide bonds. The standard InChI is InChI=1S/C14H17F3O2/c15-14(16,17)12-6-4-11(5-7-12)8-10-19-13-3-1-2-9-18-13/h4-7,13H,1-3,8-10H2. The Hall–Kier alpha value is -1.07. The molecule has 1 aliphatic rings. The first-order valence-corrected chi connectivity index (χ1v) is 6.45. The zero-order chi connectivity index (χ0) is 13.7. The average Bonchev–Trinajstić information content (AvgIpc) is 2.39. The van der Waals surface area contributed by atoms with Crippen LogP contribution in [0.2, 0.25) is 0 Å². The van der Waals surface area contributed by atoms with Crippen LogP contribution in [0.3, 0.4) is 0 Å². The van der Waals surface area contributed by atoms with E-state index < -0.39 is 11.7 Å². The molecule has 19 heavy (non-hydrogen) atoms. The number of benzene rings is 1. The number of rotatable bonds is 4. The Balaban J connectivity index is 1.76. The highest BCUT2D eigenvalue weighted by molar-refractivity contribution is 5.24. The summed E-state index contributed by atoms with van der Waals surface area (Å²) in [6.07, 6.45) is -0.761. The molecule has 1 aromatic carbocycles. The van der Waals surface area contributed by atoms with E-state index in [1.165, 1.54) is 12.1 Å². The number of hydrogen-bond donors (Lipinski definition) is 0. The van der Waals surface area contributed by atoms with Gasteiger partial charge in [-0.2, -0.15) is 13.2 Å². The fraction of sp³-hybridized carbons (Fsp3) is 0.571. The molecule has 1 atom stereocenters. The first-order valence-electron chi connectivity index (χ1n) is 6.45. The highest BCUT2D eigenvalue weighted by Gasteiger charge is 2.29. The van der Waals surface area contributed by atoms with Crippen LogP contribution in [0, 0.1) is 0 Å². The van der Waals surface area contributed by atoms with Crippen molar-refractivity contribution < 1.29 is 22.6 Å². The van der Waals surface area contributed by atoms with Crippen LogP contribution in [0.15, 0.2) is 24.3 Å². The second kappa shape index (κ2) is 6.39. The molecule has 0 radical (unpaired) electrons. The third-order valence-corrected chi connectivity index (χ3v) is 3.11. The van der Waals surface area contributed by atoms with Crippen molar-refractivity contribution in [3.05, 3.63) is 35.4 Å². The van der Waals surface area contributed by atoms with Gasteiger partial charge in [-0.25, -0.2) is 0 Å². The Morgan fingerprint density at radius 1 is 1.16 bits per heavy atom. The van der Waals surface area contributed by atoms with Crippen LogP contribution in [-0.2, 0) is 22.1 Å². The minimum absolute atomic E-state index is 0.150. The predicted molar refractivity (Wildman–Crippen MR) is 64.7 cm³/mol. The Bertz CT molecular complexity index is 381. The molecule has 1 aliphatic heterocycles.